The first-order chi connectivity index (χ1) is 19.3. The van der Waals surface area contributed by atoms with E-state index in [1.807, 2.05) is 0 Å². The molecule has 0 amide bonds. The largest absolute Gasteiger partial charge is 0.147 e. The smallest absolute Gasteiger partial charge is 0.147 e. The van der Waals surface area contributed by atoms with Gasteiger partial charge in [-0.2, -0.15) is 0 Å². The Morgan fingerprint density at radius 3 is 0.977 bits per heavy atom. The molecule has 0 aromatic heterocycles. The molecule has 4 rings (SSSR count). The van der Waals surface area contributed by atoms with Gasteiger partial charge in [-0.05, 0) is 0 Å². The van der Waals surface area contributed by atoms with Gasteiger partial charge < -0.3 is 0 Å². The Balaban J connectivity index is 0.00000323. The first-order valence-corrected chi connectivity index (χ1v) is 19.6. The number of methoxy groups -OCH3 is 3. The van der Waals surface area contributed by atoms with E-state index in [1.54, 1.807) is 25.2 Å². The molecule has 240 valence electrons. The molecule has 0 aliphatic heterocycles. The van der Waals surface area contributed by atoms with Crippen molar-refractivity contribution in [2.75, 3.05) is 21.3 Å². The van der Waals surface area contributed by atoms with Crippen LogP contribution in [0.1, 0.15) is 61.1 Å². The zero-order valence-electron chi connectivity index (χ0n) is 28.5. The zero-order chi connectivity index (χ0) is 30.4. The number of halogens is 3. The summed E-state index contributed by atoms with van der Waals surface area (Å²) in [5.41, 5.74) is 11.7. The van der Waals surface area contributed by atoms with Crippen LogP contribution in [0.5, 0.6) is 17.2 Å². The van der Waals surface area contributed by atoms with E-state index in [-0.39, 0.29) is 37.2 Å². The molecule has 0 radical (unpaired) electrons. The van der Waals surface area contributed by atoms with E-state index in [0.717, 1.165) is 17.2 Å². The average Bonchev–Trinajstić information content (AvgIpc) is 3.08. The second-order valence-corrected chi connectivity index (χ2v) is 20.9. The average molecular weight is 712 g/mol. The van der Waals surface area contributed by atoms with Gasteiger partial charge in [-0.25, -0.2) is 0 Å². The van der Waals surface area contributed by atoms with Crippen LogP contribution in [0, 0.1) is 47.5 Å². The van der Waals surface area contributed by atoms with Crippen molar-refractivity contribution >= 4 is 58.7 Å². The van der Waals surface area contributed by atoms with E-state index in [4.69, 9.17) is 14.2 Å². The van der Waals surface area contributed by atoms with Crippen molar-refractivity contribution < 1.29 is 32.6 Å². The molecule has 0 saturated heterocycles. The summed E-state index contributed by atoms with van der Waals surface area (Å²) in [7, 11) is 5.35. The predicted octanol–water partition coefficient (Wildman–Crippen LogP) is 8.14. The summed E-state index contributed by atoms with van der Waals surface area (Å²) in [5, 5.41) is 4.41. The number of rotatable bonds is 8. The summed E-state index contributed by atoms with van der Waals surface area (Å²) in [5.74, 6) is 0.877. The maximum absolute atomic E-state index is 5.86. The van der Waals surface area contributed by atoms with Crippen LogP contribution in [-0.4, -0.2) is 27.3 Å². The second kappa shape index (κ2) is 15.8. The van der Waals surface area contributed by atoms with Crippen molar-refractivity contribution in [1.29, 1.82) is 0 Å². The van der Waals surface area contributed by atoms with Gasteiger partial charge in [-0.1, -0.05) is 0 Å². The summed E-state index contributed by atoms with van der Waals surface area (Å²) in [6.07, 6.45) is 0. The van der Waals surface area contributed by atoms with Crippen molar-refractivity contribution in [3.05, 3.63) is 90.4 Å². The Bertz CT molecular complexity index is 1380. The Hall–Kier alpha value is -1.66. The van der Waals surface area contributed by atoms with E-state index in [0.29, 0.717) is 5.92 Å². The number of hydrogen-bond acceptors (Lipinski definition) is 3. The molecule has 1 atom stereocenters. The van der Waals surface area contributed by atoms with Crippen molar-refractivity contribution in [3.8, 4) is 17.2 Å². The van der Waals surface area contributed by atoms with Crippen LogP contribution in [0.2, 0.25) is 0 Å². The van der Waals surface area contributed by atoms with Crippen molar-refractivity contribution in [1.82, 2.24) is 0 Å². The molecular formula is C36H49Cl3O3SiTi. The zero-order valence-corrected chi connectivity index (χ0v) is 33.5. The molecule has 8 heteroatoms. The summed E-state index contributed by atoms with van der Waals surface area (Å²) >= 11 is -0.669. The minimum absolute atomic E-state index is 0. The quantitative estimate of drug-likeness (QED) is 0.175. The Morgan fingerprint density at radius 1 is 0.500 bits per heavy atom. The van der Waals surface area contributed by atoms with Gasteiger partial charge in [0.15, 0.2) is 0 Å². The number of aryl methyl sites for hydroxylation is 6. The molecule has 3 aromatic carbocycles. The Kier molecular flexibility index (Phi) is 14.5. The first kappa shape index (κ1) is 40.4. The van der Waals surface area contributed by atoms with Gasteiger partial charge in [-0.15, -0.1) is 37.2 Å². The van der Waals surface area contributed by atoms with Gasteiger partial charge in [0.2, 0.25) is 0 Å². The standard InChI is InChI=1S/C27H33O3Si.C9H13.3ClH.Ti/c1-16-10-22(11-17(2)25(16)28-7)31(23-12-18(3)26(29-8)19(4)13-23)24-14-20(5)27(30-9)21(6)15-24;1-6-5-7(2)9(4)8(6)3;;;;/h10-15H,1-9H3;6H,1-4H3;3*1H;. The molecule has 44 heavy (non-hydrogen) atoms. The molecule has 0 bridgehead atoms. The van der Waals surface area contributed by atoms with Crippen LogP contribution in [-0.2, 0) is 18.4 Å². The molecular weight excluding hydrogens is 663 g/mol. The van der Waals surface area contributed by atoms with E-state index in [2.05, 4.69) is 106 Å². The van der Waals surface area contributed by atoms with E-state index in [1.165, 1.54) is 65.7 Å². The van der Waals surface area contributed by atoms with Crippen LogP contribution in [0.4, 0.5) is 0 Å². The van der Waals surface area contributed by atoms with Crippen molar-refractivity contribution in [2.45, 2.75) is 69.2 Å². The third-order valence-corrected chi connectivity index (χ3v) is 21.7. The molecule has 3 aromatic rings. The fraction of sp³-hybridized carbons (Fsp3) is 0.389. The third-order valence-electron chi connectivity index (χ3n) is 9.26. The maximum atomic E-state index is 5.86. The topological polar surface area (TPSA) is 27.7 Å². The molecule has 3 nitrogen and oxygen atoms in total. The molecule has 0 N–H and O–H groups in total. The van der Waals surface area contributed by atoms with Crippen LogP contribution >= 0.6 is 37.2 Å². The van der Waals surface area contributed by atoms with Gasteiger partial charge in [0.25, 0.3) is 0 Å². The van der Waals surface area contributed by atoms with Gasteiger partial charge in [0.05, 0.1) is 0 Å². The fourth-order valence-electron chi connectivity index (χ4n) is 6.95. The van der Waals surface area contributed by atoms with E-state index >= 15 is 0 Å². The Labute approximate surface area is 293 Å². The molecule has 0 heterocycles. The minimum atomic E-state index is -2.55. The molecule has 1 unspecified atom stereocenters. The number of benzene rings is 3. The van der Waals surface area contributed by atoms with Gasteiger partial charge in [0, 0.05) is 0 Å². The van der Waals surface area contributed by atoms with Crippen LogP contribution in [0.25, 0.3) is 0 Å². The fourth-order valence-corrected chi connectivity index (χ4v) is 20.3. The van der Waals surface area contributed by atoms with Crippen LogP contribution in [0.15, 0.2) is 57.0 Å². The maximum Gasteiger partial charge on any atom is -0.147 e. The predicted molar refractivity (Wildman–Crippen MR) is 194 cm³/mol. The number of hydrogen-bond donors (Lipinski definition) is 0. The van der Waals surface area contributed by atoms with Crippen molar-refractivity contribution in [2.24, 2.45) is 5.92 Å². The second-order valence-electron chi connectivity index (χ2n) is 11.9. The van der Waals surface area contributed by atoms with Crippen molar-refractivity contribution in [3.63, 3.8) is 0 Å². The number of allylic oxidation sites excluding steroid dienone is 4. The van der Waals surface area contributed by atoms with Gasteiger partial charge in [0.1, 0.15) is 0 Å². The van der Waals surface area contributed by atoms with E-state index < -0.39 is 24.3 Å². The summed E-state index contributed by atoms with van der Waals surface area (Å²) in [6, 6.07) is 14.6. The minimum Gasteiger partial charge on any atom is -0.147 e. The number of ether oxygens (including phenoxy) is 3. The SMILES string of the molecule is COc1c(C)cc([Si]([Ti][C]2=C(C)C(C)=C(C)C2C)(c2cc(C)c(OC)c(C)c2)c2cc(C)c(OC)c(C)c2)cc1C.Cl.Cl.Cl. The van der Waals surface area contributed by atoms with Crippen LogP contribution in [0.3, 0.4) is 0 Å². The first-order valence-electron chi connectivity index (χ1n) is 14.5. The molecule has 1 aliphatic rings. The monoisotopic (exact) mass is 710 g/mol. The van der Waals surface area contributed by atoms with Gasteiger partial charge >= 0.3 is 258 Å². The summed E-state index contributed by atoms with van der Waals surface area (Å²) < 4.78 is 19.3. The van der Waals surface area contributed by atoms with Gasteiger partial charge in [-0.3, -0.25) is 0 Å². The molecule has 0 fully saturated rings. The normalized spacial score (nSPS) is 14.4. The van der Waals surface area contributed by atoms with E-state index in [9.17, 15) is 0 Å². The third kappa shape index (κ3) is 6.87. The molecule has 0 spiro atoms. The summed E-state index contributed by atoms with van der Waals surface area (Å²) in [4.78, 5) is 0. The molecule has 1 aliphatic carbocycles. The van der Waals surface area contributed by atoms with Crippen LogP contribution < -0.4 is 29.8 Å². The Morgan fingerprint density at radius 2 is 0.773 bits per heavy atom. The summed E-state index contributed by atoms with van der Waals surface area (Å²) in [6.45, 7) is 22.6. The molecule has 0 saturated carbocycles.